The summed E-state index contributed by atoms with van der Waals surface area (Å²) in [6.45, 7) is 8.42. The number of fused-ring (bicyclic) bond motifs is 3. The molecule has 0 atom stereocenters. The SMILES string of the molecule is Cc1ccnc(-c2ccc(C)c(-c3cc(-c4cc(C)nc(C)c4)cc(-c4cc5ncccc5c5ccccc45)c3)c2)c1. The Kier molecular flexibility index (Phi) is 6.36. The summed E-state index contributed by atoms with van der Waals surface area (Å²) < 4.78 is 0. The molecule has 202 valence electrons. The number of nitrogens with zero attached hydrogens (tertiary/aromatic N) is 3. The normalized spacial score (nSPS) is 11.3. The molecule has 0 spiro atoms. The predicted molar refractivity (Wildman–Crippen MR) is 176 cm³/mol. The third kappa shape index (κ3) is 4.73. The van der Waals surface area contributed by atoms with Gasteiger partial charge in [-0.05, 0) is 144 Å². The van der Waals surface area contributed by atoms with Gasteiger partial charge in [-0.3, -0.25) is 15.0 Å². The second-order valence-electron chi connectivity index (χ2n) is 11.2. The van der Waals surface area contributed by atoms with Crippen LogP contribution in [0, 0.1) is 27.7 Å². The smallest absolute Gasteiger partial charge is 0.0714 e. The minimum atomic E-state index is 0.986. The van der Waals surface area contributed by atoms with E-state index in [4.69, 9.17) is 4.98 Å². The number of benzene rings is 4. The van der Waals surface area contributed by atoms with Gasteiger partial charge in [-0.1, -0.05) is 42.5 Å². The van der Waals surface area contributed by atoms with Crippen LogP contribution in [0.15, 0.2) is 116 Å². The predicted octanol–water partition coefficient (Wildman–Crippen LogP) is 10.1. The summed E-state index contributed by atoms with van der Waals surface area (Å²) in [5.74, 6) is 0. The highest BCUT2D eigenvalue weighted by Crippen LogP contribution is 2.40. The van der Waals surface area contributed by atoms with E-state index < -0.39 is 0 Å². The molecular formula is C39H31N3. The van der Waals surface area contributed by atoms with Crippen molar-refractivity contribution >= 4 is 21.7 Å². The number of hydrogen-bond acceptors (Lipinski definition) is 3. The Hall–Kier alpha value is -5.15. The van der Waals surface area contributed by atoms with E-state index in [9.17, 15) is 0 Å². The Labute approximate surface area is 246 Å². The van der Waals surface area contributed by atoms with Crippen LogP contribution in [0.5, 0.6) is 0 Å². The first kappa shape index (κ1) is 25.8. The van der Waals surface area contributed by atoms with Gasteiger partial charge in [0.1, 0.15) is 0 Å². The Morgan fingerprint density at radius 1 is 0.452 bits per heavy atom. The summed E-state index contributed by atoms with van der Waals surface area (Å²) in [6.07, 6.45) is 3.76. The molecule has 3 heteroatoms. The van der Waals surface area contributed by atoms with Crippen LogP contribution in [0.3, 0.4) is 0 Å². The van der Waals surface area contributed by atoms with Crippen LogP contribution in [-0.2, 0) is 0 Å². The van der Waals surface area contributed by atoms with Crippen molar-refractivity contribution in [3.63, 3.8) is 0 Å². The summed E-state index contributed by atoms with van der Waals surface area (Å²) in [5.41, 5.74) is 14.6. The summed E-state index contributed by atoms with van der Waals surface area (Å²) in [5, 5.41) is 3.60. The first-order valence-electron chi connectivity index (χ1n) is 14.3. The van der Waals surface area contributed by atoms with Crippen LogP contribution in [0.4, 0.5) is 0 Å². The van der Waals surface area contributed by atoms with Crippen molar-refractivity contribution in [2.24, 2.45) is 0 Å². The lowest BCUT2D eigenvalue weighted by Gasteiger charge is -2.16. The zero-order valence-corrected chi connectivity index (χ0v) is 24.3. The van der Waals surface area contributed by atoms with Gasteiger partial charge in [-0.15, -0.1) is 0 Å². The monoisotopic (exact) mass is 541 g/mol. The third-order valence-corrected chi connectivity index (χ3v) is 8.05. The van der Waals surface area contributed by atoms with Gasteiger partial charge < -0.3 is 0 Å². The lowest BCUT2D eigenvalue weighted by atomic mass is 9.88. The fourth-order valence-corrected chi connectivity index (χ4v) is 6.06. The van der Waals surface area contributed by atoms with Gasteiger partial charge in [-0.25, -0.2) is 0 Å². The maximum atomic E-state index is 4.75. The number of rotatable bonds is 4. The van der Waals surface area contributed by atoms with E-state index in [0.717, 1.165) is 33.7 Å². The van der Waals surface area contributed by atoms with Gasteiger partial charge in [0.2, 0.25) is 0 Å². The lowest BCUT2D eigenvalue weighted by Crippen LogP contribution is -1.93. The lowest BCUT2D eigenvalue weighted by molar-refractivity contribution is 1.12. The van der Waals surface area contributed by atoms with E-state index in [0.29, 0.717) is 0 Å². The summed E-state index contributed by atoms with van der Waals surface area (Å²) in [7, 11) is 0. The average Bonchev–Trinajstić information content (AvgIpc) is 3.00. The fourth-order valence-electron chi connectivity index (χ4n) is 6.06. The van der Waals surface area contributed by atoms with Crippen LogP contribution in [0.2, 0.25) is 0 Å². The van der Waals surface area contributed by atoms with E-state index >= 15 is 0 Å². The molecule has 0 unspecified atom stereocenters. The van der Waals surface area contributed by atoms with E-state index in [2.05, 4.69) is 129 Å². The van der Waals surface area contributed by atoms with Crippen molar-refractivity contribution in [1.82, 2.24) is 15.0 Å². The second kappa shape index (κ2) is 10.4. The number of hydrogen-bond donors (Lipinski definition) is 0. The zero-order valence-electron chi connectivity index (χ0n) is 24.3. The van der Waals surface area contributed by atoms with Crippen molar-refractivity contribution < 1.29 is 0 Å². The average molecular weight is 542 g/mol. The molecule has 3 nitrogen and oxygen atoms in total. The van der Waals surface area contributed by atoms with Gasteiger partial charge in [0, 0.05) is 34.7 Å². The molecule has 0 N–H and O–H groups in total. The Morgan fingerprint density at radius 2 is 1.14 bits per heavy atom. The first-order valence-corrected chi connectivity index (χ1v) is 14.3. The summed E-state index contributed by atoms with van der Waals surface area (Å²) >= 11 is 0. The van der Waals surface area contributed by atoms with E-state index in [1.807, 2.05) is 24.5 Å². The molecule has 7 rings (SSSR count). The largest absolute Gasteiger partial charge is 0.258 e. The quantitative estimate of drug-likeness (QED) is 0.208. The molecule has 0 saturated heterocycles. The Morgan fingerprint density at radius 3 is 1.93 bits per heavy atom. The van der Waals surface area contributed by atoms with Crippen LogP contribution >= 0.6 is 0 Å². The standard InChI is InChI=1S/C39H31N3/c1-24-13-15-41-38(16-24)28-12-11-25(2)36(22-28)31-19-30(29-17-26(3)42-27(4)18-29)20-32(21-31)37-23-39-35(10-7-14-40-39)33-8-5-6-9-34(33)37/h5-23H,1-4H3. The molecular weight excluding hydrogens is 510 g/mol. The highest BCUT2D eigenvalue weighted by Gasteiger charge is 2.15. The fraction of sp³-hybridized carbons (Fsp3) is 0.103. The summed E-state index contributed by atoms with van der Waals surface area (Å²) in [6, 6.07) is 37.2. The van der Waals surface area contributed by atoms with E-state index in [-0.39, 0.29) is 0 Å². The molecule has 0 amide bonds. The highest BCUT2D eigenvalue weighted by atomic mass is 14.7. The van der Waals surface area contributed by atoms with Crippen molar-refractivity contribution in [2.45, 2.75) is 27.7 Å². The first-order chi connectivity index (χ1) is 20.4. The van der Waals surface area contributed by atoms with E-state index in [1.165, 1.54) is 55.1 Å². The van der Waals surface area contributed by atoms with Crippen molar-refractivity contribution in [1.29, 1.82) is 0 Å². The molecule has 42 heavy (non-hydrogen) atoms. The molecule has 0 radical (unpaired) electrons. The zero-order chi connectivity index (χ0) is 28.8. The molecule has 0 saturated carbocycles. The topological polar surface area (TPSA) is 38.7 Å². The third-order valence-electron chi connectivity index (χ3n) is 8.05. The van der Waals surface area contributed by atoms with Crippen molar-refractivity contribution in [3.05, 3.63) is 138 Å². The van der Waals surface area contributed by atoms with Crippen LogP contribution in [-0.4, -0.2) is 15.0 Å². The maximum absolute atomic E-state index is 4.75. The molecule has 0 bridgehead atoms. The van der Waals surface area contributed by atoms with Crippen molar-refractivity contribution in [3.8, 4) is 44.6 Å². The van der Waals surface area contributed by atoms with E-state index in [1.54, 1.807) is 0 Å². The number of aryl methyl sites for hydroxylation is 4. The van der Waals surface area contributed by atoms with Crippen LogP contribution in [0.25, 0.3) is 66.3 Å². The van der Waals surface area contributed by atoms with Gasteiger partial charge in [0.25, 0.3) is 0 Å². The number of pyridine rings is 3. The van der Waals surface area contributed by atoms with Gasteiger partial charge in [0.15, 0.2) is 0 Å². The highest BCUT2D eigenvalue weighted by molar-refractivity contribution is 6.13. The van der Waals surface area contributed by atoms with Crippen LogP contribution in [0.1, 0.15) is 22.5 Å². The molecule has 0 aliphatic carbocycles. The second-order valence-corrected chi connectivity index (χ2v) is 11.2. The Balaban J connectivity index is 1.51. The molecule has 3 aromatic heterocycles. The van der Waals surface area contributed by atoms with Gasteiger partial charge in [-0.2, -0.15) is 0 Å². The number of aromatic nitrogens is 3. The van der Waals surface area contributed by atoms with Gasteiger partial charge in [0.05, 0.1) is 11.2 Å². The molecule has 0 aliphatic heterocycles. The Bertz CT molecular complexity index is 2120. The minimum absolute atomic E-state index is 0.986. The maximum Gasteiger partial charge on any atom is 0.0714 e. The van der Waals surface area contributed by atoms with Gasteiger partial charge >= 0.3 is 0 Å². The minimum Gasteiger partial charge on any atom is -0.258 e. The molecule has 4 aromatic carbocycles. The summed E-state index contributed by atoms with van der Waals surface area (Å²) in [4.78, 5) is 14.1. The molecule has 7 aromatic rings. The molecule has 0 aliphatic rings. The van der Waals surface area contributed by atoms with Crippen molar-refractivity contribution in [2.75, 3.05) is 0 Å². The van der Waals surface area contributed by atoms with Crippen LogP contribution < -0.4 is 0 Å². The molecule has 3 heterocycles. The molecule has 0 fully saturated rings.